The van der Waals surface area contributed by atoms with Crippen LogP contribution >= 0.6 is 0 Å². The van der Waals surface area contributed by atoms with Crippen LogP contribution < -0.4 is 11.1 Å². The molecule has 2 fully saturated rings. The minimum absolute atomic E-state index is 0.0683. The van der Waals surface area contributed by atoms with Crippen molar-refractivity contribution in [1.29, 1.82) is 0 Å². The van der Waals surface area contributed by atoms with E-state index in [1.807, 2.05) is 0 Å². The van der Waals surface area contributed by atoms with E-state index >= 15 is 0 Å². The Morgan fingerprint density at radius 3 is 2.24 bits per heavy atom. The van der Waals surface area contributed by atoms with E-state index in [0.717, 1.165) is 25.7 Å². The van der Waals surface area contributed by atoms with Crippen molar-refractivity contribution in [2.24, 2.45) is 17.1 Å². The van der Waals surface area contributed by atoms with Gasteiger partial charge in [-0.2, -0.15) is 0 Å². The maximum Gasteiger partial charge on any atom is 0.306 e. The Kier molecular flexibility index (Phi) is 3.38. The van der Waals surface area contributed by atoms with Crippen LogP contribution in [0.25, 0.3) is 0 Å². The number of carbonyl (C=O) groups excluding carboxylic acids is 1. The van der Waals surface area contributed by atoms with Crippen LogP contribution in [0.5, 0.6) is 0 Å². The van der Waals surface area contributed by atoms with E-state index in [0.29, 0.717) is 19.4 Å². The zero-order chi connectivity index (χ0) is 12.5. The molecule has 0 atom stereocenters. The molecular weight excluding hydrogens is 220 g/mol. The Balaban J connectivity index is 1.78. The second kappa shape index (κ2) is 4.64. The zero-order valence-corrected chi connectivity index (χ0v) is 9.95. The topological polar surface area (TPSA) is 92.4 Å². The van der Waals surface area contributed by atoms with Crippen LogP contribution in [0, 0.1) is 11.3 Å². The molecule has 2 rings (SSSR count). The second-order valence-corrected chi connectivity index (χ2v) is 5.34. The summed E-state index contributed by atoms with van der Waals surface area (Å²) in [6.07, 6.45) is 4.64. The Hall–Kier alpha value is -1.10. The number of nitrogens with one attached hydrogen (secondary N) is 1. The van der Waals surface area contributed by atoms with Gasteiger partial charge in [-0.25, -0.2) is 0 Å². The molecule has 2 saturated carbocycles. The summed E-state index contributed by atoms with van der Waals surface area (Å²) in [4.78, 5) is 22.7. The summed E-state index contributed by atoms with van der Waals surface area (Å²) in [6, 6.07) is 0.141. The van der Waals surface area contributed by atoms with Crippen molar-refractivity contribution in [2.45, 2.75) is 44.6 Å². The minimum atomic E-state index is -0.713. The van der Waals surface area contributed by atoms with Crippen LogP contribution in [0.2, 0.25) is 0 Å². The predicted molar refractivity (Wildman–Crippen MR) is 62.2 cm³/mol. The van der Waals surface area contributed by atoms with Crippen LogP contribution in [0.15, 0.2) is 0 Å². The van der Waals surface area contributed by atoms with Crippen molar-refractivity contribution in [3.63, 3.8) is 0 Å². The summed E-state index contributed by atoms with van der Waals surface area (Å²) in [5, 5.41) is 11.9. The maximum absolute atomic E-state index is 11.9. The molecule has 0 saturated heterocycles. The number of carboxylic acids is 1. The SMILES string of the molecule is NCC1(C(=O)NC2CCC(C(=O)O)CC2)CC1. The molecule has 0 bridgehead atoms. The van der Waals surface area contributed by atoms with Gasteiger partial charge in [0.1, 0.15) is 0 Å². The Bertz CT molecular complexity index is 318. The molecule has 0 heterocycles. The number of hydrogen-bond donors (Lipinski definition) is 3. The van der Waals surface area contributed by atoms with E-state index in [2.05, 4.69) is 5.32 Å². The fourth-order valence-corrected chi connectivity index (χ4v) is 2.50. The zero-order valence-electron chi connectivity index (χ0n) is 9.95. The Morgan fingerprint density at radius 2 is 1.82 bits per heavy atom. The predicted octanol–water partition coefficient (Wildman–Crippen LogP) is 0.485. The third-order valence-electron chi connectivity index (χ3n) is 4.14. The summed E-state index contributed by atoms with van der Waals surface area (Å²) in [7, 11) is 0. The first-order chi connectivity index (χ1) is 8.07. The van der Waals surface area contributed by atoms with Gasteiger partial charge < -0.3 is 16.2 Å². The van der Waals surface area contributed by atoms with Crippen molar-refractivity contribution < 1.29 is 14.7 Å². The maximum atomic E-state index is 11.9. The molecule has 2 aliphatic rings. The molecule has 0 radical (unpaired) electrons. The normalized spacial score (nSPS) is 30.6. The fraction of sp³-hybridized carbons (Fsp3) is 0.833. The second-order valence-electron chi connectivity index (χ2n) is 5.34. The lowest BCUT2D eigenvalue weighted by Gasteiger charge is -2.28. The average Bonchev–Trinajstić information content (AvgIpc) is 3.10. The van der Waals surface area contributed by atoms with Gasteiger partial charge in [0, 0.05) is 12.6 Å². The molecule has 0 aromatic rings. The van der Waals surface area contributed by atoms with Crippen LogP contribution in [0.4, 0.5) is 0 Å². The van der Waals surface area contributed by atoms with E-state index < -0.39 is 5.97 Å². The lowest BCUT2D eigenvalue weighted by atomic mass is 9.86. The number of nitrogens with two attached hydrogens (primary N) is 1. The summed E-state index contributed by atoms with van der Waals surface area (Å²) in [5.41, 5.74) is 5.30. The monoisotopic (exact) mass is 240 g/mol. The minimum Gasteiger partial charge on any atom is -0.481 e. The van der Waals surface area contributed by atoms with Gasteiger partial charge >= 0.3 is 5.97 Å². The largest absolute Gasteiger partial charge is 0.481 e. The van der Waals surface area contributed by atoms with Gasteiger partial charge in [0.15, 0.2) is 0 Å². The Morgan fingerprint density at radius 1 is 1.24 bits per heavy atom. The van der Waals surface area contributed by atoms with E-state index in [1.165, 1.54) is 0 Å². The summed E-state index contributed by atoms with van der Waals surface area (Å²) in [5.74, 6) is -0.873. The van der Waals surface area contributed by atoms with Gasteiger partial charge in [0.2, 0.25) is 5.91 Å². The molecule has 4 N–H and O–H groups in total. The summed E-state index contributed by atoms with van der Waals surface area (Å²) >= 11 is 0. The first kappa shape index (κ1) is 12.4. The molecule has 0 unspecified atom stereocenters. The molecule has 17 heavy (non-hydrogen) atoms. The van der Waals surface area contributed by atoms with Crippen molar-refractivity contribution in [1.82, 2.24) is 5.32 Å². The highest BCUT2D eigenvalue weighted by atomic mass is 16.4. The van der Waals surface area contributed by atoms with Crippen LogP contribution in [-0.2, 0) is 9.59 Å². The lowest BCUT2D eigenvalue weighted by molar-refractivity contribution is -0.142. The quantitative estimate of drug-likeness (QED) is 0.666. The number of carbonyl (C=O) groups is 2. The molecule has 2 aliphatic carbocycles. The van der Waals surface area contributed by atoms with Crippen molar-refractivity contribution in [3.05, 3.63) is 0 Å². The standard InChI is InChI=1S/C12H20N2O3/c13-7-12(5-6-12)11(17)14-9-3-1-8(2-4-9)10(15)16/h8-9H,1-7,13H2,(H,14,17)(H,15,16). The molecule has 0 aromatic heterocycles. The number of carboxylic acid groups (broad SMARTS) is 1. The van der Waals surface area contributed by atoms with Gasteiger partial charge in [-0.3, -0.25) is 9.59 Å². The van der Waals surface area contributed by atoms with E-state index in [4.69, 9.17) is 10.8 Å². The molecule has 5 nitrogen and oxygen atoms in total. The molecule has 0 aliphatic heterocycles. The highest BCUT2D eigenvalue weighted by Gasteiger charge is 2.49. The van der Waals surface area contributed by atoms with Gasteiger partial charge in [-0.05, 0) is 38.5 Å². The Labute approximate surface area is 101 Å². The van der Waals surface area contributed by atoms with Crippen LogP contribution in [0.1, 0.15) is 38.5 Å². The molecule has 0 spiro atoms. The van der Waals surface area contributed by atoms with Crippen molar-refractivity contribution in [3.8, 4) is 0 Å². The first-order valence-electron chi connectivity index (χ1n) is 6.31. The average molecular weight is 240 g/mol. The third-order valence-corrected chi connectivity index (χ3v) is 4.14. The molecule has 96 valence electrons. The van der Waals surface area contributed by atoms with Gasteiger partial charge in [-0.15, -0.1) is 0 Å². The molecule has 0 aromatic carbocycles. The van der Waals surface area contributed by atoms with Crippen molar-refractivity contribution >= 4 is 11.9 Å². The van der Waals surface area contributed by atoms with Crippen LogP contribution in [0.3, 0.4) is 0 Å². The summed E-state index contributed by atoms with van der Waals surface area (Å²) < 4.78 is 0. The number of aliphatic carboxylic acids is 1. The van der Waals surface area contributed by atoms with Gasteiger partial charge in [-0.1, -0.05) is 0 Å². The van der Waals surface area contributed by atoms with Crippen LogP contribution in [-0.4, -0.2) is 29.6 Å². The van der Waals surface area contributed by atoms with Gasteiger partial charge in [0.25, 0.3) is 0 Å². The van der Waals surface area contributed by atoms with E-state index in [-0.39, 0.29) is 23.3 Å². The lowest BCUT2D eigenvalue weighted by Crippen LogP contribution is -2.44. The molecule has 1 amide bonds. The highest BCUT2D eigenvalue weighted by molar-refractivity contribution is 5.85. The molecular formula is C12H20N2O3. The van der Waals surface area contributed by atoms with E-state index in [1.54, 1.807) is 0 Å². The van der Waals surface area contributed by atoms with Crippen molar-refractivity contribution in [2.75, 3.05) is 6.54 Å². The number of amides is 1. The molecule has 5 heteroatoms. The number of hydrogen-bond acceptors (Lipinski definition) is 3. The van der Waals surface area contributed by atoms with Gasteiger partial charge in [0.05, 0.1) is 11.3 Å². The number of rotatable bonds is 4. The fourth-order valence-electron chi connectivity index (χ4n) is 2.50. The smallest absolute Gasteiger partial charge is 0.306 e. The first-order valence-corrected chi connectivity index (χ1v) is 6.31. The summed E-state index contributed by atoms with van der Waals surface area (Å²) in [6.45, 7) is 0.420. The van der Waals surface area contributed by atoms with E-state index in [9.17, 15) is 9.59 Å². The highest BCUT2D eigenvalue weighted by Crippen LogP contribution is 2.45. The third kappa shape index (κ3) is 2.60.